The molecule has 0 spiro atoms. The molecule has 8 heteroatoms. The van der Waals surface area contributed by atoms with Crippen molar-refractivity contribution in [3.8, 4) is 5.75 Å². The summed E-state index contributed by atoms with van der Waals surface area (Å²) in [5.41, 5.74) is 2.53. The second kappa shape index (κ2) is 8.96. The summed E-state index contributed by atoms with van der Waals surface area (Å²) in [5, 5.41) is 6.03. The molecule has 0 atom stereocenters. The summed E-state index contributed by atoms with van der Waals surface area (Å²) in [6.07, 6.45) is 1.74. The molecular weight excluding hydrogens is 410 g/mol. The Morgan fingerprint density at radius 3 is 2.41 bits per heavy atom. The number of nitrogens with one attached hydrogen (secondary N) is 2. The molecule has 1 aliphatic rings. The Balaban J connectivity index is 1.87. The van der Waals surface area contributed by atoms with Crippen molar-refractivity contribution in [3.05, 3.63) is 59.4 Å². The van der Waals surface area contributed by atoms with E-state index >= 15 is 0 Å². The first-order valence-electron chi connectivity index (χ1n) is 10.5. The Hall–Kier alpha value is -2.84. The van der Waals surface area contributed by atoms with Gasteiger partial charge in [0.2, 0.25) is 0 Å². The van der Waals surface area contributed by atoms with Crippen LogP contribution >= 0.6 is 0 Å². The number of benzene rings is 2. The maximum Gasteiger partial charge on any atom is 0.495 e. The van der Waals surface area contributed by atoms with Crippen molar-refractivity contribution >= 4 is 30.3 Å². The molecule has 0 aromatic heterocycles. The lowest BCUT2D eigenvalue weighted by Gasteiger charge is -2.32. The van der Waals surface area contributed by atoms with Gasteiger partial charge in [0, 0.05) is 19.3 Å². The number of anilines is 1. The smallest absolute Gasteiger partial charge is 0.495 e. The summed E-state index contributed by atoms with van der Waals surface area (Å²) >= 11 is 0. The lowest BCUT2D eigenvalue weighted by molar-refractivity contribution is 0.00578. The fourth-order valence-electron chi connectivity index (χ4n) is 3.65. The zero-order chi connectivity index (χ0) is 23.7. The molecule has 2 aromatic carbocycles. The molecule has 1 fully saturated rings. The highest BCUT2D eigenvalue weighted by atomic mass is 19.1. The number of ether oxygens (including phenoxy) is 1. The van der Waals surface area contributed by atoms with Gasteiger partial charge in [0.1, 0.15) is 11.6 Å². The van der Waals surface area contributed by atoms with E-state index in [0.717, 1.165) is 28.3 Å². The van der Waals surface area contributed by atoms with E-state index in [-0.39, 0.29) is 12.1 Å². The molecular formula is C24H30BFN2O4. The van der Waals surface area contributed by atoms with Crippen LogP contribution in [-0.2, 0) is 15.9 Å². The Kier molecular flexibility index (Phi) is 6.67. The quantitative estimate of drug-likeness (QED) is 0.642. The van der Waals surface area contributed by atoms with E-state index in [4.69, 9.17) is 14.0 Å². The molecule has 1 amide bonds. The summed E-state index contributed by atoms with van der Waals surface area (Å²) in [7, 11) is 2.70. The minimum Gasteiger partial charge on any atom is -0.496 e. The van der Waals surface area contributed by atoms with E-state index in [0.29, 0.717) is 5.75 Å². The number of carbonyl (C=O) groups is 1. The SMILES string of the molecule is C=Cc1c(B2OC(C)(C)C(C)(C)O2)ccc(CNC(=O)c2cc(F)ccc2OC)c1NC. The van der Waals surface area contributed by atoms with Gasteiger partial charge in [0.25, 0.3) is 5.91 Å². The van der Waals surface area contributed by atoms with Crippen LogP contribution in [0.4, 0.5) is 10.1 Å². The Morgan fingerprint density at radius 2 is 1.84 bits per heavy atom. The standard InChI is InChI=1S/C24H30BFN2O4/c1-8-17-19(25-31-23(2,3)24(4,5)32-25)11-9-15(21(17)27-6)14-28-22(29)18-13-16(26)10-12-20(18)30-7/h8-13,27H,1,14H2,2-7H3,(H,28,29). The van der Waals surface area contributed by atoms with E-state index in [9.17, 15) is 9.18 Å². The Labute approximate surface area is 189 Å². The van der Waals surface area contributed by atoms with Crippen LogP contribution in [0.1, 0.15) is 49.2 Å². The van der Waals surface area contributed by atoms with E-state index in [2.05, 4.69) is 17.2 Å². The van der Waals surface area contributed by atoms with Gasteiger partial charge in [-0.15, -0.1) is 0 Å². The zero-order valence-electron chi connectivity index (χ0n) is 19.5. The van der Waals surface area contributed by atoms with Crippen molar-refractivity contribution in [2.24, 2.45) is 0 Å². The average Bonchev–Trinajstić information content (AvgIpc) is 2.97. The monoisotopic (exact) mass is 440 g/mol. The molecule has 1 aliphatic heterocycles. The van der Waals surface area contributed by atoms with Crippen molar-refractivity contribution in [1.82, 2.24) is 5.32 Å². The molecule has 2 N–H and O–H groups in total. The van der Waals surface area contributed by atoms with Crippen molar-refractivity contribution in [2.45, 2.75) is 45.4 Å². The minimum absolute atomic E-state index is 0.135. The Bertz CT molecular complexity index is 1020. The second-order valence-electron chi connectivity index (χ2n) is 8.67. The molecule has 1 heterocycles. The third kappa shape index (κ3) is 4.38. The zero-order valence-corrected chi connectivity index (χ0v) is 19.5. The summed E-state index contributed by atoms with van der Waals surface area (Å²) in [5.74, 6) is -0.633. The summed E-state index contributed by atoms with van der Waals surface area (Å²) < 4.78 is 31.2. The highest BCUT2D eigenvalue weighted by Crippen LogP contribution is 2.37. The Morgan fingerprint density at radius 1 is 1.19 bits per heavy atom. The third-order valence-corrected chi connectivity index (χ3v) is 6.17. The number of rotatable bonds is 7. The van der Waals surface area contributed by atoms with E-state index < -0.39 is 30.0 Å². The predicted molar refractivity (Wildman–Crippen MR) is 126 cm³/mol. The predicted octanol–water partition coefficient (Wildman–Crippen LogP) is 3.75. The topological polar surface area (TPSA) is 68.8 Å². The summed E-state index contributed by atoms with van der Waals surface area (Å²) in [6.45, 7) is 12.2. The van der Waals surface area contributed by atoms with Gasteiger partial charge in [-0.1, -0.05) is 24.8 Å². The van der Waals surface area contributed by atoms with Crippen LogP contribution in [0.2, 0.25) is 0 Å². The molecule has 0 radical (unpaired) electrons. The molecule has 3 rings (SSSR count). The molecule has 32 heavy (non-hydrogen) atoms. The first kappa shape index (κ1) is 23.8. The molecule has 0 aliphatic carbocycles. The summed E-state index contributed by atoms with van der Waals surface area (Å²) in [4.78, 5) is 12.7. The molecule has 2 aromatic rings. The van der Waals surface area contributed by atoms with Crippen LogP contribution in [0.25, 0.3) is 6.08 Å². The highest BCUT2D eigenvalue weighted by Gasteiger charge is 2.52. The molecule has 6 nitrogen and oxygen atoms in total. The van der Waals surface area contributed by atoms with E-state index in [1.165, 1.54) is 19.2 Å². The van der Waals surface area contributed by atoms with Crippen LogP contribution in [0, 0.1) is 5.82 Å². The molecule has 170 valence electrons. The van der Waals surface area contributed by atoms with Crippen LogP contribution < -0.4 is 20.8 Å². The maximum atomic E-state index is 13.6. The first-order valence-corrected chi connectivity index (χ1v) is 10.5. The van der Waals surface area contributed by atoms with Crippen LogP contribution in [0.15, 0.2) is 36.9 Å². The van der Waals surface area contributed by atoms with Gasteiger partial charge in [-0.25, -0.2) is 4.39 Å². The number of hydrogen-bond donors (Lipinski definition) is 2. The van der Waals surface area contributed by atoms with Gasteiger partial charge in [0.15, 0.2) is 0 Å². The first-order chi connectivity index (χ1) is 15.0. The number of methoxy groups -OCH3 is 1. The van der Waals surface area contributed by atoms with Gasteiger partial charge in [-0.3, -0.25) is 4.79 Å². The minimum atomic E-state index is -0.541. The molecule has 1 saturated heterocycles. The second-order valence-corrected chi connectivity index (χ2v) is 8.67. The lowest BCUT2D eigenvalue weighted by Crippen LogP contribution is -2.41. The van der Waals surface area contributed by atoms with Gasteiger partial charge in [-0.05, 0) is 62.5 Å². The van der Waals surface area contributed by atoms with E-state index in [1.807, 2.05) is 39.8 Å². The number of carbonyl (C=O) groups excluding carboxylic acids is 1. The van der Waals surface area contributed by atoms with Crippen molar-refractivity contribution < 1.29 is 23.2 Å². The number of amides is 1. The lowest BCUT2D eigenvalue weighted by atomic mass is 9.74. The van der Waals surface area contributed by atoms with E-state index in [1.54, 1.807) is 13.1 Å². The molecule has 0 saturated carbocycles. The normalized spacial score (nSPS) is 16.5. The van der Waals surface area contributed by atoms with Crippen molar-refractivity contribution in [1.29, 1.82) is 0 Å². The molecule has 0 bridgehead atoms. The molecule has 0 unspecified atom stereocenters. The largest absolute Gasteiger partial charge is 0.496 e. The fraction of sp³-hybridized carbons (Fsp3) is 0.375. The van der Waals surface area contributed by atoms with Gasteiger partial charge >= 0.3 is 7.12 Å². The number of halogens is 1. The number of hydrogen-bond acceptors (Lipinski definition) is 5. The highest BCUT2D eigenvalue weighted by molar-refractivity contribution is 6.63. The van der Waals surface area contributed by atoms with Gasteiger partial charge in [0.05, 0.1) is 23.9 Å². The average molecular weight is 440 g/mol. The van der Waals surface area contributed by atoms with Crippen LogP contribution in [0.3, 0.4) is 0 Å². The van der Waals surface area contributed by atoms with Crippen LogP contribution in [0.5, 0.6) is 5.75 Å². The van der Waals surface area contributed by atoms with Gasteiger partial charge < -0.3 is 24.7 Å². The van der Waals surface area contributed by atoms with Gasteiger partial charge in [-0.2, -0.15) is 0 Å². The third-order valence-electron chi connectivity index (χ3n) is 6.17. The van der Waals surface area contributed by atoms with Crippen molar-refractivity contribution in [3.63, 3.8) is 0 Å². The van der Waals surface area contributed by atoms with Crippen LogP contribution in [-0.4, -0.2) is 38.4 Å². The summed E-state index contributed by atoms with van der Waals surface area (Å²) in [6, 6.07) is 7.66. The maximum absolute atomic E-state index is 13.6. The fourth-order valence-corrected chi connectivity index (χ4v) is 3.65. The van der Waals surface area contributed by atoms with Crippen molar-refractivity contribution in [2.75, 3.05) is 19.5 Å².